The summed E-state index contributed by atoms with van der Waals surface area (Å²) in [6.45, 7) is 0.00135. The maximum atomic E-state index is 13.3. The van der Waals surface area contributed by atoms with Crippen LogP contribution >= 0.6 is 23.4 Å². The zero-order valence-corrected chi connectivity index (χ0v) is 19.7. The highest BCUT2D eigenvalue weighted by Crippen LogP contribution is 2.26. The maximum Gasteiger partial charge on any atom is 0.264 e. The van der Waals surface area contributed by atoms with E-state index in [1.54, 1.807) is 42.6 Å². The Bertz CT molecular complexity index is 1130. The van der Waals surface area contributed by atoms with Gasteiger partial charge in [0, 0.05) is 23.5 Å². The molecular formula is C22H22ClN3O4S2. The van der Waals surface area contributed by atoms with Gasteiger partial charge in [-0.15, -0.1) is 11.8 Å². The first-order chi connectivity index (χ1) is 15.4. The van der Waals surface area contributed by atoms with Crippen molar-refractivity contribution in [1.82, 2.24) is 10.3 Å². The predicted octanol–water partition coefficient (Wildman–Crippen LogP) is 3.85. The summed E-state index contributed by atoms with van der Waals surface area (Å²) >= 11 is 7.45. The van der Waals surface area contributed by atoms with Crippen molar-refractivity contribution in [3.63, 3.8) is 0 Å². The van der Waals surface area contributed by atoms with E-state index in [0.717, 1.165) is 9.33 Å². The van der Waals surface area contributed by atoms with E-state index in [1.165, 1.54) is 31.0 Å². The minimum absolute atomic E-state index is 0.0479. The molecule has 0 radical (unpaired) electrons. The van der Waals surface area contributed by atoms with Crippen LogP contribution in [0.3, 0.4) is 0 Å². The molecule has 168 valence electrons. The highest BCUT2D eigenvalue weighted by Gasteiger charge is 2.27. The van der Waals surface area contributed by atoms with Crippen LogP contribution in [-0.4, -0.2) is 45.3 Å². The Hall–Kier alpha value is -2.75. The van der Waals surface area contributed by atoms with Gasteiger partial charge in [-0.05, 0) is 60.7 Å². The topological polar surface area (TPSA) is 88.6 Å². The van der Waals surface area contributed by atoms with Gasteiger partial charge in [0.05, 0.1) is 22.7 Å². The fourth-order valence-electron chi connectivity index (χ4n) is 2.76. The molecule has 32 heavy (non-hydrogen) atoms. The lowest BCUT2D eigenvalue weighted by molar-refractivity contribution is -0.119. The van der Waals surface area contributed by atoms with Crippen LogP contribution in [-0.2, 0) is 14.8 Å². The first kappa shape index (κ1) is 23.9. The Balaban J connectivity index is 1.72. The van der Waals surface area contributed by atoms with Gasteiger partial charge in [0.25, 0.3) is 10.0 Å². The molecule has 1 aromatic heterocycles. The average molecular weight is 492 g/mol. The molecule has 3 aromatic rings. The third kappa shape index (κ3) is 6.38. The van der Waals surface area contributed by atoms with Crippen LogP contribution in [0, 0.1) is 0 Å². The molecule has 0 fully saturated rings. The van der Waals surface area contributed by atoms with E-state index in [0.29, 0.717) is 28.8 Å². The van der Waals surface area contributed by atoms with E-state index in [1.807, 2.05) is 18.2 Å². The molecule has 0 aliphatic carbocycles. The standard InChI is InChI=1S/C22H22ClN3O4S2/c1-30-19-9-11-20(12-10-19)32(28,29)26(18-7-5-17(23)6-8-18)16-21(27)24-14-15-31-22-4-2-3-13-25-22/h2-13H,14-16H2,1H3,(H,24,27). The van der Waals surface area contributed by atoms with Crippen LogP contribution in [0.1, 0.15) is 0 Å². The molecule has 0 bridgehead atoms. The van der Waals surface area contributed by atoms with Crippen molar-refractivity contribution in [1.29, 1.82) is 0 Å². The third-order valence-corrected chi connectivity index (χ3v) is 7.35. The molecule has 1 heterocycles. The van der Waals surface area contributed by atoms with Crippen molar-refractivity contribution in [2.45, 2.75) is 9.92 Å². The number of benzene rings is 2. The average Bonchev–Trinajstić information content (AvgIpc) is 2.81. The number of ether oxygens (including phenoxy) is 1. The second-order valence-electron chi connectivity index (χ2n) is 6.53. The molecular weight excluding hydrogens is 470 g/mol. The number of halogens is 1. The zero-order chi connectivity index (χ0) is 23.0. The fraction of sp³-hybridized carbons (Fsp3) is 0.182. The van der Waals surface area contributed by atoms with Crippen LogP contribution in [0.2, 0.25) is 5.02 Å². The first-order valence-corrected chi connectivity index (χ1v) is 12.4. The van der Waals surface area contributed by atoms with E-state index in [2.05, 4.69) is 10.3 Å². The van der Waals surface area contributed by atoms with E-state index in [-0.39, 0.29) is 11.4 Å². The Morgan fingerprint density at radius 1 is 1.09 bits per heavy atom. The summed E-state index contributed by atoms with van der Waals surface area (Å²) in [5, 5.41) is 4.08. The number of amides is 1. The Kier molecular flexibility index (Phi) is 8.38. The number of nitrogens with one attached hydrogen (secondary N) is 1. The van der Waals surface area contributed by atoms with Crippen LogP contribution in [0.25, 0.3) is 0 Å². The second kappa shape index (κ2) is 11.2. The summed E-state index contributed by atoms with van der Waals surface area (Å²) in [5.74, 6) is 0.721. The lowest BCUT2D eigenvalue weighted by atomic mass is 10.3. The normalized spacial score (nSPS) is 11.1. The molecule has 1 N–H and O–H groups in total. The number of carbonyl (C=O) groups is 1. The highest BCUT2D eigenvalue weighted by atomic mass is 35.5. The molecule has 0 spiro atoms. The number of thioether (sulfide) groups is 1. The van der Waals surface area contributed by atoms with Gasteiger partial charge in [0.15, 0.2) is 0 Å². The van der Waals surface area contributed by atoms with Crippen LogP contribution in [0.15, 0.2) is 82.8 Å². The molecule has 2 aromatic carbocycles. The number of hydrogen-bond donors (Lipinski definition) is 1. The molecule has 10 heteroatoms. The van der Waals surface area contributed by atoms with Crippen molar-refractivity contribution in [3.8, 4) is 5.75 Å². The molecule has 0 atom stereocenters. The van der Waals surface area contributed by atoms with Gasteiger partial charge in [0.2, 0.25) is 5.91 Å². The third-order valence-electron chi connectivity index (χ3n) is 4.36. The molecule has 1 amide bonds. The number of sulfonamides is 1. The SMILES string of the molecule is COc1ccc(S(=O)(=O)N(CC(=O)NCCSc2ccccn2)c2ccc(Cl)cc2)cc1. The lowest BCUT2D eigenvalue weighted by Crippen LogP contribution is -2.41. The van der Waals surface area contributed by atoms with Gasteiger partial charge in [-0.25, -0.2) is 13.4 Å². The first-order valence-electron chi connectivity index (χ1n) is 9.63. The highest BCUT2D eigenvalue weighted by molar-refractivity contribution is 7.99. The van der Waals surface area contributed by atoms with Crippen molar-refractivity contribution >= 4 is 45.0 Å². The molecule has 0 saturated heterocycles. The summed E-state index contributed by atoms with van der Waals surface area (Å²) in [4.78, 5) is 16.9. The number of hydrogen-bond acceptors (Lipinski definition) is 6. The smallest absolute Gasteiger partial charge is 0.264 e. The van der Waals surface area contributed by atoms with Crippen molar-refractivity contribution < 1.29 is 17.9 Å². The molecule has 0 unspecified atom stereocenters. The largest absolute Gasteiger partial charge is 0.497 e. The quantitative estimate of drug-likeness (QED) is 0.342. The zero-order valence-electron chi connectivity index (χ0n) is 17.3. The van der Waals surface area contributed by atoms with Crippen molar-refractivity contribution in [2.24, 2.45) is 0 Å². The van der Waals surface area contributed by atoms with Crippen LogP contribution < -0.4 is 14.4 Å². The van der Waals surface area contributed by atoms with Crippen LogP contribution in [0.4, 0.5) is 5.69 Å². The molecule has 0 aliphatic heterocycles. The van der Waals surface area contributed by atoms with Gasteiger partial charge >= 0.3 is 0 Å². The van der Waals surface area contributed by atoms with Gasteiger partial charge < -0.3 is 10.1 Å². The number of carbonyl (C=O) groups excluding carboxylic acids is 1. The van der Waals surface area contributed by atoms with Gasteiger partial charge in [-0.3, -0.25) is 9.10 Å². The molecule has 3 rings (SSSR count). The molecule has 0 aliphatic rings. The summed E-state index contributed by atoms with van der Waals surface area (Å²) in [5.41, 5.74) is 0.336. The predicted molar refractivity (Wildman–Crippen MR) is 127 cm³/mol. The number of methoxy groups -OCH3 is 1. The maximum absolute atomic E-state index is 13.3. The van der Waals surface area contributed by atoms with Gasteiger partial charge in [0.1, 0.15) is 12.3 Å². The summed E-state index contributed by atoms with van der Waals surface area (Å²) < 4.78 is 32.8. The summed E-state index contributed by atoms with van der Waals surface area (Å²) in [7, 11) is -2.50. The van der Waals surface area contributed by atoms with Gasteiger partial charge in [-0.2, -0.15) is 0 Å². The fourth-order valence-corrected chi connectivity index (χ4v) is 5.03. The Morgan fingerprint density at radius 2 is 1.81 bits per heavy atom. The summed E-state index contributed by atoms with van der Waals surface area (Å²) in [6, 6.07) is 17.9. The van der Waals surface area contributed by atoms with E-state index < -0.39 is 15.9 Å². The number of rotatable bonds is 10. The summed E-state index contributed by atoms with van der Waals surface area (Å²) in [6.07, 6.45) is 1.70. The molecule has 7 nitrogen and oxygen atoms in total. The van der Waals surface area contributed by atoms with Gasteiger partial charge in [-0.1, -0.05) is 17.7 Å². The number of nitrogens with zero attached hydrogens (tertiary/aromatic N) is 2. The van der Waals surface area contributed by atoms with Crippen molar-refractivity contribution in [3.05, 3.63) is 77.9 Å². The van der Waals surface area contributed by atoms with Crippen LogP contribution in [0.5, 0.6) is 5.75 Å². The molecule has 0 saturated carbocycles. The monoisotopic (exact) mass is 491 g/mol. The second-order valence-corrected chi connectivity index (χ2v) is 9.94. The Morgan fingerprint density at radius 3 is 2.44 bits per heavy atom. The Labute approximate surface area is 196 Å². The van der Waals surface area contributed by atoms with Crippen molar-refractivity contribution in [2.75, 3.05) is 30.3 Å². The van der Waals surface area contributed by atoms with E-state index in [9.17, 15) is 13.2 Å². The number of anilines is 1. The number of aromatic nitrogens is 1. The minimum Gasteiger partial charge on any atom is -0.497 e. The van der Waals surface area contributed by atoms with E-state index in [4.69, 9.17) is 16.3 Å². The lowest BCUT2D eigenvalue weighted by Gasteiger charge is -2.24. The minimum atomic E-state index is -4.00. The number of pyridine rings is 1. The van der Waals surface area contributed by atoms with E-state index >= 15 is 0 Å².